The van der Waals surface area contributed by atoms with Crippen LogP contribution in [-0.4, -0.2) is 12.6 Å². The summed E-state index contributed by atoms with van der Waals surface area (Å²) in [5.41, 5.74) is 5.74. The lowest BCUT2D eigenvalue weighted by molar-refractivity contribution is -0.149. The zero-order valence-electron chi connectivity index (χ0n) is 10.6. The molecule has 0 amide bonds. The molecule has 2 rings (SSSR count). The van der Waals surface area contributed by atoms with Gasteiger partial charge in [0.2, 0.25) is 0 Å². The smallest absolute Gasteiger partial charge is 0.330 e. The van der Waals surface area contributed by atoms with Crippen LogP contribution in [0.4, 0.5) is 0 Å². The van der Waals surface area contributed by atoms with Crippen LogP contribution >= 0.6 is 0 Å². The summed E-state index contributed by atoms with van der Waals surface area (Å²) in [6.07, 6.45) is 0. The van der Waals surface area contributed by atoms with E-state index in [0.717, 1.165) is 16.3 Å². The van der Waals surface area contributed by atoms with Crippen LogP contribution in [0.2, 0.25) is 0 Å². The van der Waals surface area contributed by atoms with E-state index in [1.54, 1.807) is 13.8 Å². The Hall–Kier alpha value is -1.87. The lowest BCUT2D eigenvalue weighted by atomic mass is 9.91. The molecule has 3 nitrogen and oxygen atoms in total. The number of ether oxygens (including phenoxy) is 1. The molecule has 0 heterocycles. The summed E-state index contributed by atoms with van der Waals surface area (Å²) in [7, 11) is 0. The van der Waals surface area contributed by atoms with Gasteiger partial charge in [-0.15, -0.1) is 0 Å². The highest BCUT2D eigenvalue weighted by atomic mass is 16.5. The first-order chi connectivity index (χ1) is 8.55. The minimum Gasteiger partial charge on any atom is -0.464 e. The van der Waals surface area contributed by atoms with Gasteiger partial charge in [-0.25, -0.2) is 4.79 Å². The van der Waals surface area contributed by atoms with Crippen LogP contribution in [0.5, 0.6) is 0 Å². The van der Waals surface area contributed by atoms with E-state index in [2.05, 4.69) is 0 Å². The molecule has 1 atom stereocenters. The van der Waals surface area contributed by atoms with Gasteiger partial charge in [0.15, 0.2) is 0 Å². The number of fused-ring (bicyclic) bond motifs is 1. The lowest BCUT2D eigenvalue weighted by Gasteiger charge is -2.23. The first kappa shape index (κ1) is 12.6. The van der Waals surface area contributed by atoms with Gasteiger partial charge in [-0.1, -0.05) is 36.4 Å². The Kier molecular flexibility index (Phi) is 3.34. The van der Waals surface area contributed by atoms with Gasteiger partial charge in [0.25, 0.3) is 0 Å². The molecule has 1 unspecified atom stereocenters. The second-order valence-electron chi connectivity index (χ2n) is 4.48. The standard InChI is InChI=1S/C15H17NO2/c1-3-18-14(17)15(2,16)13-9-8-11-6-4-5-7-12(11)10-13/h4-10H,3,16H2,1-2H3. The molecule has 0 aliphatic rings. The van der Waals surface area contributed by atoms with Crippen molar-refractivity contribution in [2.24, 2.45) is 5.73 Å². The maximum Gasteiger partial charge on any atom is 0.330 e. The first-order valence-corrected chi connectivity index (χ1v) is 6.01. The van der Waals surface area contributed by atoms with E-state index >= 15 is 0 Å². The van der Waals surface area contributed by atoms with E-state index < -0.39 is 11.5 Å². The normalized spacial score (nSPS) is 14.2. The fraction of sp³-hybridized carbons (Fsp3) is 0.267. The van der Waals surface area contributed by atoms with Crippen LogP contribution in [-0.2, 0) is 15.1 Å². The number of esters is 1. The highest BCUT2D eigenvalue weighted by molar-refractivity contribution is 5.87. The van der Waals surface area contributed by atoms with Crippen molar-refractivity contribution in [1.29, 1.82) is 0 Å². The molecular formula is C15H17NO2. The maximum absolute atomic E-state index is 11.9. The van der Waals surface area contributed by atoms with Crippen LogP contribution in [0.25, 0.3) is 10.8 Å². The molecule has 18 heavy (non-hydrogen) atoms. The van der Waals surface area contributed by atoms with Crippen molar-refractivity contribution < 1.29 is 9.53 Å². The van der Waals surface area contributed by atoms with E-state index in [9.17, 15) is 4.79 Å². The van der Waals surface area contributed by atoms with Gasteiger partial charge in [0.1, 0.15) is 5.54 Å². The molecule has 2 aromatic rings. The van der Waals surface area contributed by atoms with Gasteiger partial charge in [0, 0.05) is 0 Å². The number of benzene rings is 2. The van der Waals surface area contributed by atoms with Crippen molar-refractivity contribution in [3.05, 3.63) is 48.0 Å². The third kappa shape index (κ3) is 2.22. The van der Waals surface area contributed by atoms with E-state index in [1.165, 1.54) is 0 Å². The summed E-state index contributed by atoms with van der Waals surface area (Å²) in [5.74, 6) is -0.403. The van der Waals surface area contributed by atoms with Crippen LogP contribution in [0.15, 0.2) is 42.5 Å². The number of carbonyl (C=O) groups is 1. The Morgan fingerprint density at radius 2 is 1.89 bits per heavy atom. The summed E-state index contributed by atoms with van der Waals surface area (Å²) in [4.78, 5) is 11.9. The summed E-state index contributed by atoms with van der Waals surface area (Å²) in [6.45, 7) is 3.78. The fourth-order valence-electron chi connectivity index (χ4n) is 1.91. The van der Waals surface area contributed by atoms with Crippen molar-refractivity contribution in [2.75, 3.05) is 6.61 Å². The van der Waals surface area contributed by atoms with Gasteiger partial charge in [-0.3, -0.25) is 0 Å². The van der Waals surface area contributed by atoms with Crippen LogP contribution in [0.1, 0.15) is 19.4 Å². The second-order valence-corrected chi connectivity index (χ2v) is 4.48. The summed E-state index contributed by atoms with van der Waals surface area (Å²) < 4.78 is 5.01. The molecule has 0 radical (unpaired) electrons. The molecule has 0 saturated carbocycles. The highest BCUT2D eigenvalue weighted by Gasteiger charge is 2.32. The summed E-state index contributed by atoms with van der Waals surface area (Å²) in [5, 5.41) is 2.19. The Balaban J connectivity index is 2.44. The van der Waals surface area contributed by atoms with E-state index in [1.807, 2.05) is 42.5 Å². The quantitative estimate of drug-likeness (QED) is 0.843. The number of carbonyl (C=O) groups excluding carboxylic acids is 1. The third-order valence-corrected chi connectivity index (χ3v) is 3.05. The van der Waals surface area contributed by atoms with Crippen molar-refractivity contribution >= 4 is 16.7 Å². The van der Waals surface area contributed by atoms with E-state index in [4.69, 9.17) is 10.5 Å². The topological polar surface area (TPSA) is 52.3 Å². The average molecular weight is 243 g/mol. The fourth-order valence-corrected chi connectivity index (χ4v) is 1.91. The van der Waals surface area contributed by atoms with Crippen molar-refractivity contribution in [1.82, 2.24) is 0 Å². The minimum atomic E-state index is -1.11. The van der Waals surface area contributed by atoms with Gasteiger partial charge < -0.3 is 10.5 Å². The molecule has 3 heteroatoms. The second kappa shape index (κ2) is 4.78. The van der Waals surface area contributed by atoms with Gasteiger partial charge in [-0.2, -0.15) is 0 Å². The van der Waals surface area contributed by atoms with Crippen LogP contribution in [0, 0.1) is 0 Å². The third-order valence-electron chi connectivity index (χ3n) is 3.05. The zero-order chi connectivity index (χ0) is 13.2. The van der Waals surface area contributed by atoms with Crippen LogP contribution in [0.3, 0.4) is 0 Å². The van der Waals surface area contributed by atoms with Gasteiger partial charge >= 0.3 is 5.97 Å². The monoisotopic (exact) mass is 243 g/mol. The predicted octanol–water partition coefficient (Wildman–Crippen LogP) is 2.58. The van der Waals surface area contributed by atoms with E-state index in [-0.39, 0.29) is 0 Å². The summed E-state index contributed by atoms with van der Waals surface area (Å²) in [6, 6.07) is 13.7. The molecule has 0 bridgehead atoms. The van der Waals surface area contributed by atoms with Gasteiger partial charge in [-0.05, 0) is 36.2 Å². The van der Waals surface area contributed by atoms with E-state index in [0.29, 0.717) is 6.61 Å². The Bertz CT molecular complexity index is 575. The molecule has 0 aliphatic carbocycles. The molecule has 2 aromatic carbocycles. The highest BCUT2D eigenvalue weighted by Crippen LogP contribution is 2.24. The molecule has 0 spiro atoms. The number of hydrogen-bond donors (Lipinski definition) is 1. The van der Waals surface area contributed by atoms with Crippen molar-refractivity contribution in [3.63, 3.8) is 0 Å². The average Bonchev–Trinajstić information content (AvgIpc) is 2.38. The van der Waals surface area contributed by atoms with Crippen molar-refractivity contribution in [2.45, 2.75) is 19.4 Å². The number of hydrogen-bond acceptors (Lipinski definition) is 3. The first-order valence-electron chi connectivity index (χ1n) is 6.01. The number of nitrogens with two attached hydrogens (primary N) is 1. The van der Waals surface area contributed by atoms with Gasteiger partial charge in [0.05, 0.1) is 6.61 Å². The molecule has 94 valence electrons. The SMILES string of the molecule is CCOC(=O)C(C)(N)c1ccc2ccccc2c1. The molecule has 0 aromatic heterocycles. The molecule has 2 N–H and O–H groups in total. The largest absolute Gasteiger partial charge is 0.464 e. The van der Waals surface area contributed by atoms with Crippen molar-refractivity contribution in [3.8, 4) is 0 Å². The lowest BCUT2D eigenvalue weighted by Crippen LogP contribution is -2.43. The Morgan fingerprint density at radius 1 is 1.22 bits per heavy atom. The molecule has 0 fully saturated rings. The molecule has 0 saturated heterocycles. The Labute approximate surface area is 107 Å². The molecule has 0 aliphatic heterocycles. The van der Waals surface area contributed by atoms with Crippen LogP contribution < -0.4 is 5.73 Å². The predicted molar refractivity (Wildman–Crippen MR) is 72.1 cm³/mol. The Morgan fingerprint density at radius 3 is 2.56 bits per heavy atom. The number of rotatable bonds is 3. The summed E-state index contributed by atoms with van der Waals surface area (Å²) >= 11 is 0. The molecular weight excluding hydrogens is 226 g/mol. The zero-order valence-corrected chi connectivity index (χ0v) is 10.6. The maximum atomic E-state index is 11.9. The minimum absolute atomic E-state index is 0.333.